The van der Waals surface area contributed by atoms with Crippen molar-refractivity contribution < 1.29 is 34.8 Å². The number of carbonyl (C=O) groups is 3. The van der Waals surface area contributed by atoms with Gasteiger partial charge in [0, 0.05) is 18.0 Å². The van der Waals surface area contributed by atoms with Gasteiger partial charge in [-0.3, -0.25) is 19.3 Å². The molecule has 0 unspecified atom stereocenters. The van der Waals surface area contributed by atoms with Crippen LogP contribution in [0, 0.1) is 11.8 Å². The number of aliphatic hydroxyl groups is 3. The van der Waals surface area contributed by atoms with Crippen molar-refractivity contribution in [3.63, 3.8) is 0 Å². The van der Waals surface area contributed by atoms with E-state index in [9.17, 15) is 34.8 Å². The number of rotatable bonds is 4. The molecule has 0 radical (unpaired) electrons. The Hall–Kier alpha value is -3.21. The van der Waals surface area contributed by atoms with Crippen LogP contribution in [0.4, 0.5) is 0 Å². The molecule has 1 aromatic carbocycles. The first-order valence-electron chi connectivity index (χ1n) is 11.0. The lowest BCUT2D eigenvalue weighted by Crippen LogP contribution is -2.63. The number of primary amides is 1. The van der Waals surface area contributed by atoms with E-state index in [0.29, 0.717) is 12.1 Å². The highest BCUT2D eigenvalue weighted by Crippen LogP contribution is 2.52. The summed E-state index contributed by atoms with van der Waals surface area (Å²) in [6, 6.07) is 2.15. The van der Waals surface area contributed by atoms with Crippen LogP contribution >= 0.6 is 0 Å². The fourth-order valence-electron chi connectivity index (χ4n) is 5.80. The summed E-state index contributed by atoms with van der Waals surface area (Å²) in [4.78, 5) is 42.2. The first-order chi connectivity index (χ1) is 15.8. The number of aromatic hydroxyl groups is 1. The second-order valence-electron chi connectivity index (χ2n) is 9.80. The summed E-state index contributed by atoms with van der Waals surface area (Å²) in [7, 11) is 6.95. The molecule has 1 amide bonds. The molecule has 1 aromatic rings. The van der Waals surface area contributed by atoms with Gasteiger partial charge in [0.2, 0.25) is 5.78 Å². The molecule has 6 N–H and O–H groups in total. The highest BCUT2D eigenvalue weighted by Gasteiger charge is 2.63. The van der Waals surface area contributed by atoms with E-state index in [1.54, 1.807) is 20.2 Å². The number of Topliss-reactive ketones (excluding diaryl/α,β-unsaturated/α-hetero) is 2. The van der Waals surface area contributed by atoms with Gasteiger partial charge in [-0.2, -0.15) is 0 Å². The van der Waals surface area contributed by atoms with Gasteiger partial charge < -0.3 is 31.1 Å². The molecule has 10 heteroatoms. The Balaban J connectivity index is 1.95. The third-order valence-electron chi connectivity index (χ3n) is 7.19. The Morgan fingerprint density at radius 3 is 2.35 bits per heavy atom. The maximum absolute atomic E-state index is 13.6. The number of likely N-dealkylation sites (N-methyl/N-ethyl adjacent to an activating group) is 1. The maximum atomic E-state index is 13.6. The molecule has 0 heterocycles. The van der Waals surface area contributed by atoms with E-state index < -0.39 is 58.0 Å². The van der Waals surface area contributed by atoms with E-state index in [2.05, 4.69) is 0 Å². The lowest BCUT2D eigenvalue weighted by molar-refractivity contribution is -0.148. The number of hydrogen-bond acceptors (Lipinski definition) is 9. The zero-order chi connectivity index (χ0) is 25.3. The third kappa shape index (κ3) is 3.17. The van der Waals surface area contributed by atoms with Crippen LogP contribution in [0.3, 0.4) is 0 Å². The van der Waals surface area contributed by atoms with Crippen LogP contribution in [-0.4, -0.2) is 87.5 Å². The Morgan fingerprint density at radius 2 is 1.79 bits per heavy atom. The number of phenols is 1. The first kappa shape index (κ1) is 23.9. The van der Waals surface area contributed by atoms with Gasteiger partial charge in [-0.05, 0) is 64.1 Å². The lowest BCUT2D eigenvalue weighted by Gasteiger charge is -2.50. The number of benzene rings is 1. The van der Waals surface area contributed by atoms with E-state index in [1.165, 1.54) is 11.0 Å². The molecule has 10 nitrogen and oxygen atoms in total. The molecule has 0 spiro atoms. The van der Waals surface area contributed by atoms with Crippen molar-refractivity contribution in [1.29, 1.82) is 0 Å². The van der Waals surface area contributed by atoms with Gasteiger partial charge in [0.1, 0.15) is 22.8 Å². The predicted molar refractivity (Wildman–Crippen MR) is 121 cm³/mol. The molecule has 0 bridgehead atoms. The number of nitrogens with zero attached hydrogens (tertiary/aromatic N) is 2. The Morgan fingerprint density at radius 1 is 1.15 bits per heavy atom. The van der Waals surface area contributed by atoms with E-state index >= 15 is 0 Å². The Bertz CT molecular complexity index is 1180. The molecule has 182 valence electrons. The van der Waals surface area contributed by atoms with Crippen molar-refractivity contribution in [2.75, 3.05) is 28.2 Å². The smallest absolute Gasteiger partial charge is 0.255 e. The largest absolute Gasteiger partial charge is 0.510 e. The SMILES string of the molecule is CN(C)Cc1ccc(O)c2c1C[C@H]1C[C@H]3[C@H](N(C)C)C(O)=C(C(N)=O)C(=O)[C@@]3(O)C(O)=C1C2=O. The molecule has 0 saturated heterocycles. The predicted octanol–water partition coefficient (Wildman–Crippen LogP) is 0.182. The monoisotopic (exact) mass is 471 g/mol. The number of fused-ring (bicyclic) bond motifs is 3. The van der Waals surface area contributed by atoms with Gasteiger partial charge >= 0.3 is 0 Å². The van der Waals surface area contributed by atoms with Crippen LogP contribution in [0.15, 0.2) is 34.8 Å². The highest BCUT2D eigenvalue weighted by atomic mass is 16.3. The van der Waals surface area contributed by atoms with E-state index in [-0.39, 0.29) is 29.7 Å². The average Bonchev–Trinajstić information content (AvgIpc) is 2.72. The maximum Gasteiger partial charge on any atom is 0.255 e. The molecule has 0 fully saturated rings. The standard InChI is InChI=1S/C24H29N3O7/c1-26(2)9-10-5-6-14(28)16-12(10)7-11-8-13-18(27(3)4)20(30)17(23(25)33)22(32)24(13,34)21(31)15(11)19(16)29/h5-6,11,13,18,28,30-31,34H,7-9H2,1-4H3,(H2,25,33)/t11-,13-,18-,24-/m0/s1. The van der Waals surface area contributed by atoms with Crippen molar-refractivity contribution in [2.24, 2.45) is 17.6 Å². The summed E-state index contributed by atoms with van der Waals surface area (Å²) in [6.07, 6.45) is 0.356. The van der Waals surface area contributed by atoms with E-state index in [1.807, 2.05) is 19.0 Å². The summed E-state index contributed by atoms with van der Waals surface area (Å²) in [5.41, 5.74) is 3.25. The zero-order valence-corrected chi connectivity index (χ0v) is 19.5. The van der Waals surface area contributed by atoms with Crippen LogP contribution in [-0.2, 0) is 22.6 Å². The summed E-state index contributed by atoms with van der Waals surface area (Å²) >= 11 is 0. The van der Waals surface area contributed by atoms with Gasteiger partial charge in [-0.1, -0.05) is 6.07 Å². The number of ketones is 2. The number of carbonyl (C=O) groups excluding carboxylic acids is 3. The van der Waals surface area contributed by atoms with Crippen molar-refractivity contribution in [3.05, 3.63) is 51.5 Å². The van der Waals surface area contributed by atoms with Crippen molar-refractivity contribution in [2.45, 2.75) is 31.0 Å². The number of aliphatic hydroxyl groups excluding tert-OH is 2. The lowest BCUT2D eigenvalue weighted by atomic mass is 9.58. The van der Waals surface area contributed by atoms with Gasteiger partial charge in [0.25, 0.3) is 5.91 Å². The molecular formula is C24H29N3O7. The average molecular weight is 472 g/mol. The summed E-state index contributed by atoms with van der Waals surface area (Å²) in [5.74, 6) is -6.47. The third-order valence-corrected chi connectivity index (χ3v) is 7.19. The van der Waals surface area contributed by atoms with Gasteiger partial charge in [-0.25, -0.2) is 0 Å². The van der Waals surface area contributed by atoms with Crippen LogP contribution in [0.1, 0.15) is 27.9 Å². The van der Waals surface area contributed by atoms with Crippen LogP contribution in [0.5, 0.6) is 5.75 Å². The Kier molecular flexibility index (Phi) is 5.58. The van der Waals surface area contributed by atoms with E-state index in [0.717, 1.165) is 5.56 Å². The zero-order valence-electron chi connectivity index (χ0n) is 19.5. The number of amides is 1. The second-order valence-corrected chi connectivity index (χ2v) is 9.80. The van der Waals surface area contributed by atoms with Crippen molar-refractivity contribution in [3.8, 4) is 5.75 Å². The molecule has 4 atom stereocenters. The number of allylic oxidation sites excluding steroid dienone is 1. The van der Waals surface area contributed by atoms with Crippen LogP contribution in [0.2, 0.25) is 0 Å². The normalized spacial score (nSPS) is 28.9. The molecule has 0 aromatic heterocycles. The van der Waals surface area contributed by atoms with Gasteiger partial charge in [0.15, 0.2) is 11.4 Å². The molecule has 0 aliphatic heterocycles. The van der Waals surface area contributed by atoms with Crippen LogP contribution < -0.4 is 5.73 Å². The Labute approximate surface area is 196 Å². The van der Waals surface area contributed by atoms with Gasteiger partial charge in [0.05, 0.1) is 11.6 Å². The number of hydrogen-bond donors (Lipinski definition) is 5. The second kappa shape index (κ2) is 7.93. The topological polar surface area (TPSA) is 165 Å². The molecule has 4 rings (SSSR count). The van der Waals surface area contributed by atoms with Crippen molar-refractivity contribution >= 4 is 17.5 Å². The molecule has 0 saturated carbocycles. The minimum absolute atomic E-state index is 0.0279. The fourth-order valence-corrected chi connectivity index (χ4v) is 5.80. The summed E-state index contributed by atoms with van der Waals surface area (Å²) < 4.78 is 0. The first-order valence-corrected chi connectivity index (χ1v) is 11.0. The number of phenolic OH excluding ortho intramolecular Hbond substituents is 1. The molecular weight excluding hydrogens is 442 g/mol. The van der Waals surface area contributed by atoms with Crippen molar-refractivity contribution in [1.82, 2.24) is 9.80 Å². The summed E-state index contributed by atoms with van der Waals surface area (Å²) in [5, 5.41) is 44.1. The number of nitrogens with two attached hydrogens (primary N) is 1. The van der Waals surface area contributed by atoms with E-state index in [4.69, 9.17) is 5.73 Å². The minimum atomic E-state index is -2.62. The minimum Gasteiger partial charge on any atom is -0.510 e. The summed E-state index contributed by atoms with van der Waals surface area (Å²) in [6.45, 7) is 0.519. The highest BCUT2D eigenvalue weighted by molar-refractivity contribution is 6.24. The van der Waals surface area contributed by atoms with Crippen LogP contribution in [0.25, 0.3) is 0 Å². The quantitative estimate of drug-likeness (QED) is 0.385. The molecule has 3 aliphatic carbocycles. The van der Waals surface area contributed by atoms with Gasteiger partial charge in [-0.15, -0.1) is 0 Å². The molecule has 34 heavy (non-hydrogen) atoms. The molecule has 3 aliphatic rings. The fraction of sp³-hybridized carbons (Fsp3) is 0.458.